The van der Waals surface area contributed by atoms with Crippen LogP contribution in [0, 0.1) is 0 Å². The van der Waals surface area contributed by atoms with Crippen LogP contribution >= 0.6 is 0 Å². The number of hydrogen-bond donors (Lipinski definition) is 1. The number of para-hydroxylation sites is 1. The van der Waals surface area contributed by atoms with E-state index in [1.165, 1.54) is 35.0 Å². The fourth-order valence-corrected chi connectivity index (χ4v) is 3.41. The highest BCUT2D eigenvalue weighted by atomic mass is 16.5. The van der Waals surface area contributed by atoms with Gasteiger partial charge in [0, 0.05) is 30.6 Å². The Bertz CT molecular complexity index is 586. The summed E-state index contributed by atoms with van der Waals surface area (Å²) in [6.07, 6.45) is 3.61. The lowest BCUT2D eigenvalue weighted by atomic mass is 9.87. The Morgan fingerprint density at radius 3 is 3.00 bits per heavy atom. The number of methoxy groups -OCH3 is 1. The highest BCUT2D eigenvalue weighted by Gasteiger charge is 2.26. The second-order valence-corrected chi connectivity index (χ2v) is 5.10. The fraction of sp³-hybridized carbons (Fsp3) is 0.467. The molecule has 2 N–H and O–H groups in total. The Hall–Kier alpha value is -1.48. The number of fused-ring (bicyclic) bond motifs is 3. The van der Waals surface area contributed by atoms with E-state index in [1.807, 2.05) is 6.07 Å². The molecule has 1 aromatic carbocycles. The van der Waals surface area contributed by atoms with Gasteiger partial charge in [-0.2, -0.15) is 0 Å². The summed E-state index contributed by atoms with van der Waals surface area (Å²) in [4.78, 5) is 0. The molecule has 1 aliphatic carbocycles. The zero-order valence-corrected chi connectivity index (χ0v) is 11.1. The average Bonchev–Trinajstić information content (AvgIpc) is 2.73. The van der Waals surface area contributed by atoms with Gasteiger partial charge in [-0.25, -0.2) is 0 Å². The molecule has 0 fully saturated rings. The van der Waals surface area contributed by atoms with Gasteiger partial charge in [-0.1, -0.05) is 12.1 Å². The van der Waals surface area contributed by atoms with Crippen molar-refractivity contribution in [2.45, 2.75) is 25.2 Å². The molecular weight excluding hydrogens is 224 g/mol. The molecule has 3 nitrogen and oxygen atoms in total. The fourth-order valence-electron chi connectivity index (χ4n) is 3.41. The van der Waals surface area contributed by atoms with Crippen LogP contribution in [0.25, 0.3) is 10.9 Å². The monoisotopic (exact) mass is 244 g/mol. The minimum Gasteiger partial charge on any atom is -0.495 e. The van der Waals surface area contributed by atoms with E-state index in [4.69, 9.17) is 10.5 Å². The van der Waals surface area contributed by atoms with Crippen molar-refractivity contribution in [1.82, 2.24) is 4.57 Å². The van der Waals surface area contributed by atoms with Crippen LogP contribution in [0.4, 0.5) is 0 Å². The van der Waals surface area contributed by atoms with E-state index in [-0.39, 0.29) is 0 Å². The van der Waals surface area contributed by atoms with E-state index in [0.29, 0.717) is 5.92 Å². The first kappa shape index (κ1) is 11.6. The number of nitrogens with two attached hydrogens (primary N) is 1. The van der Waals surface area contributed by atoms with Gasteiger partial charge in [0.05, 0.1) is 12.6 Å². The topological polar surface area (TPSA) is 40.2 Å². The van der Waals surface area contributed by atoms with Crippen molar-refractivity contribution in [1.29, 1.82) is 0 Å². The molecule has 96 valence electrons. The summed E-state index contributed by atoms with van der Waals surface area (Å²) >= 11 is 0. The molecule has 0 aliphatic heterocycles. The summed E-state index contributed by atoms with van der Waals surface area (Å²) in [5.41, 5.74) is 10.0. The second-order valence-electron chi connectivity index (χ2n) is 5.10. The van der Waals surface area contributed by atoms with E-state index >= 15 is 0 Å². The Labute approximate surface area is 108 Å². The summed E-state index contributed by atoms with van der Waals surface area (Å²) in [5.74, 6) is 1.45. The summed E-state index contributed by atoms with van der Waals surface area (Å²) in [6.45, 7) is 0.736. The predicted molar refractivity (Wildman–Crippen MR) is 74.2 cm³/mol. The third kappa shape index (κ3) is 1.47. The van der Waals surface area contributed by atoms with Gasteiger partial charge in [0.1, 0.15) is 5.75 Å². The molecule has 0 bridgehead atoms. The number of rotatable bonds is 2. The molecule has 3 rings (SSSR count). The zero-order valence-electron chi connectivity index (χ0n) is 11.1. The second kappa shape index (κ2) is 4.32. The van der Waals surface area contributed by atoms with Crippen LogP contribution in [0.2, 0.25) is 0 Å². The number of benzene rings is 1. The number of aryl methyl sites for hydroxylation is 2. The molecule has 1 aliphatic rings. The number of hydrogen-bond acceptors (Lipinski definition) is 2. The normalized spacial score (nSPS) is 18.9. The number of aromatic nitrogens is 1. The summed E-state index contributed by atoms with van der Waals surface area (Å²) in [7, 11) is 3.87. The largest absolute Gasteiger partial charge is 0.495 e. The van der Waals surface area contributed by atoms with Gasteiger partial charge in [0.15, 0.2) is 0 Å². The number of ether oxygens (including phenoxy) is 1. The Balaban J connectivity index is 2.34. The minimum absolute atomic E-state index is 0.496. The van der Waals surface area contributed by atoms with E-state index < -0.39 is 0 Å². The third-order valence-corrected chi connectivity index (χ3v) is 4.20. The molecule has 0 spiro atoms. The van der Waals surface area contributed by atoms with Crippen molar-refractivity contribution in [3.8, 4) is 5.75 Å². The molecule has 1 heterocycles. The standard InChI is InChI=1S/C15H20N2O/c1-17-14-10(9-16)5-3-6-11(14)12-7-4-8-13(18-2)15(12)17/h4,7-8,10H,3,5-6,9,16H2,1-2H3. The summed E-state index contributed by atoms with van der Waals surface area (Å²) in [6, 6.07) is 6.31. The van der Waals surface area contributed by atoms with Gasteiger partial charge >= 0.3 is 0 Å². The maximum absolute atomic E-state index is 5.93. The minimum atomic E-state index is 0.496. The van der Waals surface area contributed by atoms with Crippen molar-refractivity contribution in [2.75, 3.05) is 13.7 Å². The molecule has 18 heavy (non-hydrogen) atoms. The molecule has 0 amide bonds. The first-order valence-corrected chi connectivity index (χ1v) is 6.62. The highest BCUT2D eigenvalue weighted by Crippen LogP contribution is 2.40. The molecule has 1 unspecified atom stereocenters. The Morgan fingerprint density at radius 1 is 1.44 bits per heavy atom. The van der Waals surface area contributed by atoms with E-state index in [0.717, 1.165) is 18.7 Å². The molecule has 3 heteroatoms. The molecular formula is C15H20N2O. The lowest BCUT2D eigenvalue weighted by molar-refractivity contribution is 0.417. The maximum Gasteiger partial charge on any atom is 0.143 e. The molecule has 0 saturated carbocycles. The van der Waals surface area contributed by atoms with Crippen LogP contribution in [0.3, 0.4) is 0 Å². The molecule has 1 aromatic heterocycles. The number of nitrogens with zero attached hydrogens (tertiary/aromatic N) is 1. The van der Waals surface area contributed by atoms with Crippen molar-refractivity contribution in [3.05, 3.63) is 29.5 Å². The smallest absolute Gasteiger partial charge is 0.143 e. The van der Waals surface area contributed by atoms with Crippen LogP contribution in [-0.4, -0.2) is 18.2 Å². The highest BCUT2D eigenvalue weighted by molar-refractivity contribution is 5.90. The predicted octanol–water partition coefficient (Wildman–Crippen LogP) is 2.57. The van der Waals surface area contributed by atoms with Crippen LogP contribution < -0.4 is 10.5 Å². The van der Waals surface area contributed by atoms with E-state index in [1.54, 1.807) is 7.11 Å². The van der Waals surface area contributed by atoms with Crippen LogP contribution in [0.15, 0.2) is 18.2 Å². The average molecular weight is 244 g/mol. The maximum atomic E-state index is 5.93. The first-order valence-electron chi connectivity index (χ1n) is 6.62. The van der Waals surface area contributed by atoms with Crippen LogP contribution in [0.1, 0.15) is 30.0 Å². The zero-order chi connectivity index (χ0) is 12.7. The van der Waals surface area contributed by atoms with Crippen molar-refractivity contribution in [3.63, 3.8) is 0 Å². The van der Waals surface area contributed by atoms with Gasteiger partial charge in [-0.15, -0.1) is 0 Å². The van der Waals surface area contributed by atoms with Crippen molar-refractivity contribution < 1.29 is 4.74 Å². The lowest BCUT2D eigenvalue weighted by Crippen LogP contribution is -2.20. The van der Waals surface area contributed by atoms with Crippen molar-refractivity contribution >= 4 is 10.9 Å². The van der Waals surface area contributed by atoms with E-state index in [9.17, 15) is 0 Å². The molecule has 0 radical (unpaired) electrons. The third-order valence-electron chi connectivity index (χ3n) is 4.20. The quantitative estimate of drug-likeness (QED) is 0.882. The summed E-state index contributed by atoms with van der Waals surface area (Å²) < 4.78 is 7.79. The molecule has 0 saturated heterocycles. The van der Waals surface area contributed by atoms with Crippen molar-refractivity contribution in [2.24, 2.45) is 12.8 Å². The van der Waals surface area contributed by atoms with Crippen LogP contribution in [0.5, 0.6) is 5.75 Å². The molecule has 2 aromatic rings. The summed E-state index contributed by atoms with van der Waals surface area (Å²) in [5, 5.41) is 1.34. The SMILES string of the molecule is COc1cccc2c3c(n(C)c12)C(CN)CCC3. The van der Waals surface area contributed by atoms with Gasteiger partial charge in [-0.05, 0) is 30.9 Å². The van der Waals surface area contributed by atoms with E-state index in [2.05, 4.69) is 23.7 Å². The Kier molecular flexibility index (Phi) is 2.78. The van der Waals surface area contributed by atoms with Gasteiger partial charge in [0.25, 0.3) is 0 Å². The van der Waals surface area contributed by atoms with Gasteiger partial charge in [0.2, 0.25) is 0 Å². The van der Waals surface area contributed by atoms with Crippen LogP contribution in [-0.2, 0) is 13.5 Å². The molecule has 1 atom stereocenters. The Morgan fingerprint density at radius 2 is 2.28 bits per heavy atom. The van der Waals surface area contributed by atoms with Gasteiger partial charge in [-0.3, -0.25) is 0 Å². The lowest BCUT2D eigenvalue weighted by Gasteiger charge is -2.23. The first-order chi connectivity index (χ1) is 8.77. The van der Waals surface area contributed by atoms with Gasteiger partial charge < -0.3 is 15.0 Å².